The van der Waals surface area contributed by atoms with Gasteiger partial charge in [0.05, 0.1) is 20.3 Å². The number of nitrogens with zero attached hydrogens (tertiary/aromatic N) is 1. The minimum absolute atomic E-state index is 0.0197. The van der Waals surface area contributed by atoms with Gasteiger partial charge in [-0.05, 0) is 31.2 Å². The molecular formula is C17H25N4O4+. The SMILES string of the molecule is C[C@H](C(=O)Nc1ccc(C(N)=O)cc1)[NH+](C)CC(=O)N1CCOCC1. The highest BCUT2D eigenvalue weighted by Gasteiger charge is 2.27. The van der Waals surface area contributed by atoms with Crippen LogP contribution in [-0.4, -0.2) is 68.6 Å². The molecule has 0 aromatic heterocycles. The summed E-state index contributed by atoms with van der Waals surface area (Å²) in [4.78, 5) is 38.3. The smallest absolute Gasteiger partial charge is 0.282 e. The number of likely N-dealkylation sites (N-methyl/N-ethyl adjacent to an activating group) is 1. The maximum atomic E-state index is 12.4. The molecule has 1 unspecified atom stereocenters. The number of benzene rings is 1. The van der Waals surface area contributed by atoms with E-state index in [1.165, 1.54) is 0 Å². The van der Waals surface area contributed by atoms with E-state index in [0.717, 1.165) is 4.90 Å². The Morgan fingerprint density at radius 1 is 1.24 bits per heavy atom. The first-order valence-corrected chi connectivity index (χ1v) is 8.27. The normalized spacial score (nSPS) is 16.8. The second kappa shape index (κ2) is 8.59. The Morgan fingerprint density at radius 3 is 2.40 bits per heavy atom. The van der Waals surface area contributed by atoms with E-state index < -0.39 is 11.9 Å². The molecule has 1 heterocycles. The maximum absolute atomic E-state index is 12.4. The number of anilines is 1. The van der Waals surface area contributed by atoms with Crippen LogP contribution in [0.3, 0.4) is 0 Å². The molecule has 1 aliphatic heterocycles. The number of primary amides is 1. The Bertz CT molecular complexity index is 626. The summed E-state index contributed by atoms with van der Waals surface area (Å²) in [6.07, 6.45) is 0. The summed E-state index contributed by atoms with van der Waals surface area (Å²) in [5.41, 5.74) is 6.14. The number of hydrogen-bond acceptors (Lipinski definition) is 4. The fourth-order valence-electron chi connectivity index (χ4n) is 2.51. The standard InChI is InChI=1S/C17H24N4O4/c1-12(20(2)11-15(22)21-7-9-25-10-8-21)17(24)19-14-5-3-13(4-6-14)16(18)23/h3-6,12H,7-11H2,1-2H3,(H2,18,23)(H,19,24)/p+1/t12-/m1/s1. The molecule has 1 saturated heterocycles. The van der Waals surface area contributed by atoms with Crippen molar-refractivity contribution >= 4 is 23.4 Å². The number of amides is 3. The van der Waals surface area contributed by atoms with Crippen LogP contribution in [0.4, 0.5) is 5.69 Å². The van der Waals surface area contributed by atoms with Gasteiger partial charge in [0, 0.05) is 24.3 Å². The number of hydrogen-bond donors (Lipinski definition) is 3. The molecule has 2 rings (SSSR count). The number of rotatable bonds is 6. The summed E-state index contributed by atoms with van der Waals surface area (Å²) < 4.78 is 5.24. The highest BCUT2D eigenvalue weighted by atomic mass is 16.5. The van der Waals surface area contributed by atoms with E-state index in [-0.39, 0.29) is 18.4 Å². The predicted octanol–water partition coefficient (Wildman–Crippen LogP) is -1.51. The summed E-state index contributed by atoms with van der Waals surface area (Å²) in [6.45, 7) is 4.33. The second-order valence-electron chi connectivity index (χ2n) is 6.17. The van der Waals surface area contributed by atoms with E-state index in [1.807, 2.05) is 7.05 Å². The Morgan fingerprint density at radius 2 is 1.84 bits per heavy atom. The van der Waals surface area contributed by atoms with E-state index in [0.29, 0.717) is 37.6 Å². The molecule has 1 aromatic rings. The Balaban J connectivity index is 1.87. The van der Waals surface area contributed by atoms with Gasteiger partial charge in [-0.1, -0.05) is 0 Å². The monoisotopic (exact) mass is 349 g/mol. The van der Waals surface area contributed by atoms with Crippen molar-refractivity contribution in [2.75, 3.05) is 45.2 Å². The van der Waals surface area contributed by atoms with E-state index in [1.54, 1.807) is 36.1 Å². The van der Waals surface area contributed by atoms with Gasteiger partial charge in [0.15, 0.2) is 12.6 Å². The molecule has 4 N–H and O–H groups in total. The summed E-state index contributed by atoms with van der Waals surface area (Å²) in [5.74, 6) is -0.692. The molecule has 136 valence electrons. The van der Waals surface area contributed by atoms with Crippen LogP contribution in [0.25, 0.3) is 0 Å². The lowest BCUT2D eigenvalue weighted by Crippen LogP contribution is -3.15. The van der Waals surface area contributed by atoms with Crippen molar-refractivity contribution in [2.24, 2.45) is 5.73 Å². The van der Waals surface area contributed by atoms with Crippen molar-refractivity contribution < 1.29 is 24.0 Å². The quantitative estimate of drug-likeness (QED) is 0.580. The summed E-state index contributed by atoms with van der Waals surface area (Å²) in [7, 11) is 1.82. The topological polar surface area (TPSA) is 106 Å². The summed E-state index contributed by atoms with van der Waals surface area (Å²) in [5, 5.41) is 2.78. The zero-order valence-electron chi connectivity index (χ0n) is 14.6. The van der Waals surface area contributed by atoms with Gasteiger partial charge in [0.2, 0.25) is 5.91 Å². The van der Waals surface area contributed by atoms with E-state index in [2.05, 4.69) is 5.32 Å². The first-order valence-electron chi connectivity index (χ1n) is 8.27. The number of carbonyl (C=O) groups is 3. The molecule has 0 spiro atoms. The minimum atomic E-state index is -0.517. The average Bonchev–Trinajstić information content (AvgIpc) is 2.62. The van der Waals surface area contributed by atoms with E-state index in [9.17, 15) is 14.4 Å². The van der Waals surface area contributed by atoms with Gasteiger partial charge in [-0.15, -0.1) is 0 Å². The molecule has 1 aromatic carbocycles. The fraction of sp³-hybridized carbons (Fsp3) is 0.471. The van der Waals surface area contributed by atoms with Crippen molar-refractivity contribution in [3.8, 4) is 0 Å². The van der Waals surface area contributed by atoms with Crippen LogP contribution in [0.5, 0.6) is 0 Å². The first kappa shape index (κ1) is 18.9. The lowest BCUT2D eigenvalue weighted by Gasteiger charge is -2.28. The van der Waals surface area contributed by atoms with Gasteiger partial charge < -0.3 is 25.6 Å². The largest absolute Gasteiger partial charge is 0.378 e. The van der Waals surface area contributed by atoms with Crippen molar-refractivity contribution in [1.82, 2.24) is 4.90 Å². The lowest BCUT2D eigenvalue weighted by atomic mass is 10.2. The van der Waals surface area contributed by atoms with Crippen molar-refractivity contribution in [2.45, 2.75) is 13.0 Å². The number of nitrogens with two attached hydrogens (primary N) is 1. The Labute approximate surface area is 146 Å². The zero-order valence-corrected chi connectivity index (χ0v) is 14.6. The number of quaternary nitrogens is 1. The number of ether oxygens (including phenoxy) is 1. The third-order valence-electron chi connectivity index (χ3n) is 4.36. The van der Waals surface area contributed by atoms with Crippen molar-refractivity contribution in [1.29, 1.82) is 0 Å². The number of nitrogens with one attached hydrogen (secondary N) is 2. The van der Waals surface area contributed by atoms with Gasteiger partial charge in [-0.25, -0.2) is 0 Å². The third-order valence-corrected chi connectivity index (χ3v) is 4.36. The van der Waals surface area contributed by atoms with Gasteiger partial charge in [-0.2, -0.15) is 0 Å². The summed E-state index contributed by atoms with van der Waals surface area (Å²) in [6, 6.07) is 5.96. The Kier molecular flexibility index (Phi) is 6.49. The molecule has 0 saturated carbocycles. The van der Waals surface area contributed by atoms with Gasteiger partial charge in [-0.3, -0.25) is 14.4 Å². The van der Waals surface area contributed by atoms with Crippen LogP contribution >= 0.6 is 0 Å². The highest BCUT2D eigenvalue weighted by molar-refractivity contribution is 5.96. The molecule has 1 fully saturated rings. The lowest BCUT2D eigenvalue weighted by molar-refractivity contribution is -0.886. The van der Waals surface area contributed by atoms with Gasteiger partial charge in [0.25, 0.3) is 11.8 Å². The van der Waals surface area contributed by atoms with Crippen LogP contribution in [0, 0.1) is 0 Å². The first-order chi connectivity index (χ1) is 11.9. The average molecular weight is 349 g/mol. The van der Waals surface area contributed by atoms with Crippen LogP contribution in [-0.2, 0) is 14.3 Å². The molecule has 0 bridgehead atoms. The fourth-order valence-corrected chi connectivity index (χ4v) is 2.51. The molecule has 0 aliphatic carbocycles. The molecule has 2 atom stereocenters. The minimum Gasteiger partial charge on any atom is -0.378 e. The van der Waals surface area contributed by atoms with E-state index >= 15 is 0 Å². The van der Waals surface area contributed by atoms with E-state index in [4.69, 9.17) is 10.5 Å². The van der Waals surface area contributed by atoms with Crippen molar-refractivity contribution in [3.63, 3.8) is 0 Å². The molecule has 1 aliphatic rings. The molecule has 25 heavy (non-hydrogen) atoms. The number of morpholine rings is 1. The van der Waals surface area contributed by atoms with Gasteiger partial charge in [0.1, 0.15) is 0 Å². The van der Waals surface area contributed by atoms with Crippen molar-refractivity contribution in [3.05, 3.63) is 29.8 Å². The predicted molar refractivity (Wildman–Crippen MR) is 92.2 cm³/mol. The van der Waals surface area contributed by atoms with Crippen LogP contribution < -0.4 is 16.0 Å². The summed E-state index contributed by atoms with van der Waals surface area (Å²) >= 11 is 0. The molecule has 8 heteroatoms. The Hall–Kier alpha value is -2.45. The number of carbonyl (C=O) groups excluding carboxylic acids is 3. The molecular weight excluding hydrogens is 324 g/mol. The second-order valence-corrected chi connectivity index (χ2v) is 6.17. The van der Waals surface area contributed by atoms with Crippen LogP contribution in [0.15, 0.2) is 24.3 Å². The highest BCUT2D eigenvalue weighted by Crippen LogP contribution is 2.09. The van der Waals surface area contributed by atoms with Crippen LogP contribution in [0.2, 0.25) is 0 Å². The third kappa shape index (κ3) is 5.27. The molecule has 3 amide bonds. The maximum Gasteiger partial charge on any atom is 0.282 e. The zero-order chi connectivity index (χ0) is 18.4. The molecule has 0 radical (unpaired) electrons. The van der Waals surface area contributed by atoms with Gasteiger partial charge >= 0.3 is 0 Å². The molecule has 8 nitrogen and oxygen atoms in total. The van der Waals surface area contributed by atoms with Crippen LogP contribution in [0.1, 0.15) is 17.3 Å².